The van der Waals surface area contributed by atoms with E-state index >= 15 is 0 Å². The van der Waals surface area contributed by atoms with Crippen LogP contribution in [0.25, 0.3) is 0 Å². The van der Waals surface area contributed by atoms with Crippen LogP contribution < -0.4 is 10.6 Å². The normalized spacial score (nSPS) is 10.7. The lowest BCUT2D eigenvalue weighted by atomic mass is 10.3. The lowest BCUT2D eigenvalue weighted by Crippen LogP contribution is -2.19. The first-order valence-corrected chi connectivity index (χ1v) is 8.51. The Morgan fingerprint density at radius 2 is 2.00 bits per heavy atom. The van der Waals surface area contributed by atoms with Crippen molar-refractivity contribution < 1.29 is 4.79 Å². The van der Waals surface area contributed by atoms with E-state index in [-0.39, 0.29) is 6.03 Å². The quantitative estimate of drug-likeness (QED) is 0.616. The van der Waals surface area contributed by atoms with E-state index in [0.717, 1.165) is 10.1 Å². The molecule has 2 N–H and O–H groups in total. The summed E-state index contributed by atoms with van der Waals surface area (Å²) in [5.41, 5.74) is 0.663. The van der Waals surface area contributed by atoms with Crippen molar-refractivity contribution in [3.8, 4) is 0 Å². The molecule has 1 aromatic heterocycles. The summed E-state index contributed by atoms with van der Waals surface area (Å²) >= 11 is 8.79. The number of hydrogen-bond donors (Lipinski definition) is 2. The van der Waals surface area contributed by atoms with E-state index in [1.165, 1.54) is 11.3 Å². The van der Waals surface area contributed by atoms with Gasteiger partial charge < -0.3 is 5.32 Å². The Morgan fingerprint density at radius 1 is 1.29 bits per heavy atom. The van der Waals surface area contributed by atoms with Crippen LogP contribution in [0.3, 0.4) is 0 Å². The predicted octanol–water partition coefficient (Wildman–Crippen LogP) is 4.58. The SMILES string of the molecule is CC(C)CSc1nnc(NC(=O)Nc2ccc(Cl)cc2)s1. The Labute approximate surface area is 136 Å². The first kappa shape index (κ1) is 16.1. The van der Waals surface area contributed by atoms with Crippen molar-refractivity contribution >= 4 is 51.5 Å². The number of rotatable bonds is 5. The zero-order valence-electron chi connectivity index (χ0n) is 11.6. The maximum atomic E-state index is 11.8. The summed E-state index contributed by atoms with van der Waals surface area (Å²) in [6.07, 6.45) is 0. The molecule has 0 fully saturated rings. The standard InChI is InChI=1S/C13H15ClN4OS2/c1-8(2)7-20-13-18-17-12(21-13)16-11(19)15-10-5-3-9(14)4-6-10/h3-6,8H,7H2,1-2H3,(H2,15,16,17,19). The molecule has 8 heteroatoms. The molecule has 1 heterocycles. The van der Waals surface area contributed by atoms with Gasteiger partial charge in [-0.05, 0) is 30.2 Å². The van der Waals surface area contributed by atoms with Gasteiger partial charge in [0.25, 0.3) is 0 Å². The fourth-order valence-corrected chi connectivity index (χ4v) is 3.20. The van der Waals surface area contributed by atoms with Gasteiger partial charge in [-0.1, -0.05) is 48.5 Å². The van der Waals surface area contributed by atoms with Crippen LogP contribution in [-0.4, -0.2) is 22.0 Å². The second kappa shape index (κ2) is 7.63. The molecule has 1 aromatic carbocycles. The number of nitrogens with zero attached hydrogens (tertiary/aromatic N) is 2. The van der Waals surface area contributed by atoms with Gasteiger partial charge in [-0.25, -0.2) is 4.79 Å². The van der Waals surface area contributed by atoms with E-state index in [4.69, 9.17) is 11.6 Å². The molecule has 0 saturated carbocycles. The van der Waals surface area contributed by atoms with Crippen LogP contribution >= 0.6 is 34.7 Å². The summed E-state index contributed by atoms with van der Waals surface area (Å²) in [6, 6.07) is 6.53. The molecule has 21 heavy (non-hydrogen) atoms. The Hall–Kier alpha value is -1.31. The van der Waals surface area contributed by atoms with Crippen LogP contribution in [-0.2, 0) is 0 Å². The molecule has 0 aliphatic carbocycles. The molecular formula is C13H15ClN4OS2. The Bertz CT molecular complexity index is 600. The van der Waals surface area contributed by atoms with Gasteiger partial charge >= 0.3 is 6.03 Å². The highest BCUT2D eigenvalue weighted by atomic mass is 35.5. The average Bonchev–Trinajstić information content (AvgIpc) is 2.86. The number of hydrogen-bond acceptors (Lipinski definition) is 5. The first-order valence-electron chi connectivity index (χ1n) is 6.33. The maximum Gasteiger partial charge on any atom is 0.325 e. The fourth-order valence-electron chi connectivity index (χ4n) is 1.35. The van der Waals surface area contributed by atoms with Gasteiger partial charge in [0.2, 0.25) is 5.13 Å². The van der Waals surface area contributed by atoms with Crippen LogP contribution in [0.5, 0.6) is 0 Å². The van der Waals surface area contributed by atoms with E-state index in [2.05, 4.69) is 34.7 Å². The molecule has 0 aliphatic rings. The minimum atomic E-state index is -0.353. The largest absolute Gasteiger partial charge is 0.325 e. The molecule has 0 radical (unpaired) electrons. The van der Waals surface area contributed by atoms with Crippen molar-refractivity contribution in [3.63, 3.8) is 0 Å². The molecule has 5 nitrogen and oxygen atoms in total. The number of anilines is 2. The number of nitrogens with one attached hydrogen (secondary N) is 2. The average molecular weight is 343 g/mol. The van der Waals surface area contributed by atoms with Crippen molar-refractivity contribution in [1.29, 1.82) is 0 Å². The second-order valence-electron chi connectivity index (χ2n) is 4.66. The van der Waals surface area contributed by atoms with E-state index in [1.807, 2.05) is 0 Å². The molecule has 0 saturated heterocycles. The van der Waals surface area contributed by atoms with E-state index < -0.39 is 0 Å². The summed E-state index contributed by atoms with van der Waals surface area (Å²) in [5.74, 6) is 1.56. The third kappa shape index (κ3) is 5.53. The van der Waals surface area contributed by atoms with Gasteiger partial charge in [-0.15, -0.1) is 10.2 Å². The maximum absolute atomic E-state index is 11.8. The van der Waals surface area contributed by atoms with Gasteiger partial charge in [-0.3, -0.25) is 5.32 Å². The van der Waals surface area contributed by atoms with Crippen molar-refractivity contribution in [2.24, 2.45) is 5.92 Å². The summed E-state index contributed by atoms with van der Waals surface area (Å²) in [5, 5.41) is 14.4. The van der Waals surface area contributed by atoms with Crippen molar-refractivity contribution in [1.82, 2.24) is 10.2 Å². The third-order valence-corrected chi connectivity index (χ3v) is 4.92. The minimum absolute atomic E-state index is 0.353. The zero-order valence-corrected chi connectivity index (χ0v) is 14.0. The predicted molar refractivity (Wildman–Crippen MR) is 89.6 cm³/mol. The number of benzene rings is 1. The number of urea groups is 1. The van der Waals surface area contributed by atoms with Crippen molar-refractivity contribution in [3.05, 3.63) is 29.3 Å². The van der Waals surface area contributed by atoms with Gasteiger partial charge in [0.15, 0.2) is 4.34 Å². The molecule has 0 spiro atoms. The van der Waals surface area contributed by atoms with Crippen LogP contribution in [0, 0.1) is 5.92 Å². The Balaban J connectivity index is 1.86. The molecule has 2 aromatic rings. The number of thioether (sulfide) groups is 1. The lowest BCUT2D eigenvalue weighted by molar-refractivity contribution is 0.262. The van der Waals surface area contributed by atoms with Crippen molar-refractivity contribution in [2.75, 3.05) is 16.4 Å². The smallest absolute Gasteiger partial charge is 0.308 e. The van der Waals surface area contributed by atoms with E-state index in [0.29, 0.717) is 21.8 Å². The van der Waals surface area contributed by atoms with Gasteiger partial charge in [-0.2, -0.15) is 0 Å². The molecule has 0 atom stereocenters. The van der Waals surface area contributed by atoms with Gasteiger partial charge in [0.05, 0.1) is 0 Å². The highest BCUT2D eigenvalue weighted by Crippen LogP contribution is 2.27. The molecule has 0 bridgehead atoms. The minimum Gasteiger partial charge on any atom is -0.308 e. The summed E-state index contributed by atoms with van der Waals surface area (Å²) < 4.78 is 0.852. The van der Waals surface area contributed by atoms with Crippen molar-refractivity contribution in [2.45, 2.75) is 18.2 Å². The molecule has 2 rings (SSSR count). The fraction of sp³-hybridized carbons (Fsp3) is 0.308. The molecular weight excluding hydrogens is 328 g/mol. The summed E-state index contributed by atoms with van der Waals surface area (Å²) in [6.45, 7) is 4.29. The van der Waals surface area contributed by atoms with Crippen LogP contribution in [0.15, 0.2) is 28.6 Å². The van der Waals surface area contributed by atoms with Crippen LogP contribution in [0.4, 0.5) is 15.6 Å². The summed E-state index contributed by atoms with van der Waals surface area (Å²) in [7, 11) is 0. The lowest BCUT2D eigenvalue weighted by Gasteiger charge is -2.04. The van der Waals surface area contributed by atoms with Gasteiger partial charge in [0.1, 0.15) is 0 Å². The van der Waals surface area contributed by atoms with E-state index in [1.54, 1.807) is 36.0 Å². The number of carbonyl (C=O) groups excluding carboxylic acids is 1. The number of halogens is 1. The summed E-state index contributed by atoms with van der Waals surface area (Å²) in [4.78, 5) is 11.8. The monoisotopic (exact) mass is 342 g/mol. The first-order chi connectivity index (χ1) is 10.0. The molecule has 0 aliphatic heterocycles. The van der Waals surface area contributed by atoms with E-state index in [9.17, 15) is 4.79 Å². The highest BCUT2D eigenvalue weighted by Gasteiger charge is 2.09. The molecule has 2 amide bonds. The second-order valence-corrected chi connectivity index (χ2v) is 7.35. The molecule has 112 valence electrons. The highest BCUT2D eigenvalue weighted by molar-refractivity contribution is 8.01. The third-order valence-electron chi connectivity index (χ3n) is 2.27. The van der Waals surface area contributed by atoms with Gasteiger partial charge in [0, 0.05) is 16.5 Å². The number of carbonyl (C=O) groups is 1. The number of aromatic nitrogens is 2. The van der Waals surface area contributed by atoms with Crippen LogP contribution in [0.1, 0.15) is 13.8 Å². The molecule has 0 unspecified atom stereocenters. The number of amides is 2. The zero-order chi connectivity index (χ0) is 15.2. The van der Waals surface area contributed by atoms with Crippen LogP contribution in [0.2, 0.25) is 5.02 Å². The Kier molecular flexibility index (Phi) is 5.84. The Morgan fingerprint density at radius 3 is 2.67 bits per heavy atom. The topological polar surface area (TPSA) is 66.9 Å².